The summed E-state index contributed by atoms with van der Waals surface area (Å²) in [5.41, 5.74) is 1.16. The number of halogens is 1. The Bertz CT molecular complexity index is 753. The first-order chi connectivity index (χ1) is 13.0. The number of hydrogen-bond acceptors (Lipinski definition) is 3. The number of carbonyl (C=O) groups excluding carboxylic acids is 1. The van der Waals surface area contributed by atoms with Crippen LogP contribution in [0.3, 0.4) is 0 Å². The van der Waals surface area contributed by atoms with E-state index in [1.165, 1.54) is 32.1 Å². The number of Topliss-reactive ketones (excluding diaryl/α,β-unsaturated/α-hetero) is 1. The summed E-state index contributed by atoms with van der Waals surface area (Å²) in [5, 5.41) is 5.01. The van der Waals surface area contributed by atoms with Gasteiger partial charge in [0.1, 0.15) is 11.4 Å². The highest BCUT2D eigenvalue weighted by Crippen LogP contribution is 2.42. The number of benzene rings is 1. The number of rotatable bonds is 1. The lowest BCUT2D eigenvalue weighted by atomic mass is 9.82. The third-order valence-electron chi connectivity index (χ3n) is 6.24. The highest BCUT2D eigenvalue weighted by Gasteiger charge is 2.44. The van der Waals surface area contributed by atoms with Gasteiger partial charge in [-0.05, 0) is 49.7 Å². The Balaban J connectivity index is 1.41. The Labute approximate surface area is 171 Å². The molecule has 0 atom stereocenters. The molecule has 2 fully saturated rings. The Morgan fingerprint density at radius 1 is 1.26 bits per heavy atom. The molecule has 1 aromatic rings. The van der Waals surface area contributed by atoms with Gasteiger partial charge in [-0.25, -0.2) is 0 Å². The monoisotopic (exact) mass is 406 g/mol. The minimum absolute atomic E-state index is 0.137. The smallest absolute Gasteiger partial charge is 0.170 e. The fourth-order valence-electron chi connectivity index (χ4n) is 4.62. The van der Waals surface area contributed by atoms with Crippen LogP contribution in [0.25, 0.3) is 0 Å². The van der Waals surface area contributed by atoms with Crippen molar-refractivity contribution in [3.8, 4) is 5.75 Å². The van der Waals surface area contributed by atoms with Crippen LogP contribution in [0.15, 0.2) is 12.1 Å². The number of fused-ring (bicyclic) bond motifs is 1. The maximum atomic E-state index is 12.8. The third kappa shape index (κ3) is 3.95. The minimum Gasteiger partial charge on any atom is -0.486 e. The summed E-state index contributed by atoms with van der Waals surface area (Å²) < 4.78 is 6.42. The molecule has 2 heterocycles. The van der Waals surface area contributed by atoms with Crippen LogP contribution in [0.2, 0.25) is 5.02 Å². The first kappa shape index (κ1) is 19.0. The van der Waals surface area contributed by atoms with Crippen molar-refractivity contribution in [1.82, 2.24) is 10.2 Å². The number of thiocarbonyl (C=S) groups is 1. The van der Waals surface area contributed by atoms with Gasteiger partial charge < -0.3 is 15.0 Å². The summed E-state index contributed by atoms with van der Waals surface area (Å²) in [6.45, 7) is 3.61. The Morgan fingerprint density at radius 3 is 2.67 bits per heavy atom. The molecular formula is C21H27ClN2O2S. The molecule has 0 unspecified atom stereocenters. The second-order valence-corrected chi connectivity index (χ2v) is 9.08. The number of ether oxygens (including phenoxy) is 1. The Morgan fingerprint density at radius 2 is 1.96 bits per heavy atom. The molecule has 146 valence electrons. The minimum atomic E-state index is -0.403. The number of aryl methyl sites for hydroxylation is 1. The van der Waals surface area contributed by atoms with Gasteiger partial charge in [-0.15, -0.1) is 0 Å². The SMILES string of the molecule is Cc1cc(Cl)cc2c1OC1(CCN(C(=S)NC3CCCCC3)CC1)CC2=O. The zero-order valence-electron chi connectivity index (χ0n) is 15.9. The van der Waals surface area contributed by atoms with E-state index < -0.39 is 5.60 Å². The van der Waals surface area contributed by atoms with E-state index in [2.05, 4.69) is 10.2 Å². The van der Waals surface area contributed by atoms with E-state index in [1.807, 2.05) is 13.0 Å². The first-order valence-corrected chi connectivity index (χ1v) is 10.8. The summed E-state index contributed by atoms with van der Waals surface area (Å²) >= 11 is 11.8. The van der Waals surface area contributed by atoms with E-state index in [1.54, 1.807) is 6.07 Å². The van der Waals surface area contributed by atoms with Crippen LogP contribution in [0.5, 0.6) is 5.75 Å². The number of carbonyl (C=O) groups is 1. The average Bonchev–Trinajstić information content (AvgIpc) is 2.64. The lowest BCUT2D eigenvalue weighted by molar-refractivity contribution is 0.00294. The van der Waals surface area contributed by atoms with Crippen molar-refractivity contribution in [3.05, 3.63) is 28.3 Å². The van der Waals surface area contributed by atoms with Gasteiger partial charge in [0.25, 0.3) is 0 Å². The molecule has 1 spiro atoms. The molecule has 1 N–H and O–H groups in total. The van der Waals surface area contributed by atoms with Crippen LogP contribution in [0.4, 0.5) is 0 Å². The molecule has 1 saturated heterocycles. The lowest BCUT2D eigenvalue weighted by Crippen LogP contribution is -2.55. The second-order valence-electron chi connectivity index (χ2n) is 8.26. The number of nitrogens with one attached hydrogen (secondary N) is 1. The van der Waals surface area contributed by atoms with E-state index in [9.17, 15) is 4.79 Å². The summed E-state index contributed by atoms with van der Waals surface area (Å²) in [5.74, 6) is 0.852. The van der Waals surface area contributed by atoms with Crippen molar-refractivity contribution >= 4 is 34.7 Å². The molecule has 1 saturated carbocycles. The molecule has 1 aromatic carbocycles. The van der Waals surface area contributed by atoms with Gasteiger partial charge >= 0.3 is 0 Å². The summed E-state index contributed by atoms with van der Waals surface area (Å²) in [4.78, 5) is 15.0. The molecule has 1 aliphatic carbocycles. The van der Waals surface area contributed by atoms with E-state index in [-0.39, 0.29) is 5.78 Å². The maximum absolute atomic E-state index is 12.8. The van der Waals surface area contributed by atoms with Crippen LogP contribution in [0, 0.1) is 6.92 Å². The molecule has 4 nitrogen and oxygen atoms in total. The zero-order valence-corrected chi connectivity index (χ0v) is 17.4. The van der Waals surface area contributed by atoms with Crippen LogP contribution >= 0.6 is 23.8 Å². The van der Waals surface area contributed by atoms with Crippen LogP contribution < -0.4 is 10.1 Å². The van der Waals surface area contributed by atoms with Gasteiger partial charge in [0.15, 0.2) is 10.9 Å². The number of hydrogen-bond donors (Lipinski definition) is 1. The molecule has 3 aliphatic rings. The van der Waals surface area contributed by atoms with Gasteiger partial charge in [0, 0.05) is 37.0 Å². The van der Waals surface area contributed by atoms with Crippen molar-refractivity contribution in [2.75, 3.05) is 13.1 Å². The third-order valence-corrected chi connectivity index (χ3v) is 6.83. The number of ketones is 1. The molecule has 0 amide bonds. The average molecular weight is 407 g/mol. The Hall–Kier alpha value is -1.33. The first-order valence-electron chi connectivity index (χ1n) is 10.0. The zero-order chi connectivity index (χ0) is 19.0. The summed E-state index contributed by atoms with van der Waals surface area (Å²) in [6.07, 6.45) is 8.41. The van der Waals surface area contributed by atoms with E-state index in [0.29, 0.717) is 28.8 Å². The molecule has 6 heteroatoms. The molecule has 4 rings (SSSR count). The van der Waals surface area contributed by atoms with Gasteiger partial charge in [0.05, 0.1) is 12.0 Å². The number of piperidine rings is 1. The molecule has 0 radical (unpaired) electrons. The summed E-state index contributed by atoms with van der Waals surface area (Å²) in [7, 11) is 0. The highest BCUT2D eigenvalue weighted by atomic mass is 35.5. The maximum Gasteiger partial charge on any atom is 0.170 e. The van der Waals surface area contributed by atoms with E-state index in [0.717, 1.165) is 36.6 Å². The lowest BCUT2D eigenvalue weighted by Gasteiger charge is -2.45. The molecule has 0 bridgehead atoms. The molecule has 2 aliphatic heterocycles. The quantitative estimate of drug-likeness (QED) is 0.687. The van der Waals surface area contributed by atoms with Crippen molar-refractivity contribution in [2.24, 2.45) is 0 Å². The van der Waals surface area contributed by atoms with Crippen molar-refractivity contribution in [3.63, 3.8) is 0 Å². The van der Waals surface area contributed by atoms with Crippen LogP contribution in [0.1, 0.15) is 67.3 Å². The number of nitrogens with zero attached hydrogens (tertiary/aromatic N) is 1. The van der Waals surface area contributed by atoms with Crippen molar-refractivity contribution < 1.29 is 9.53 Å². The van der Waals surface area contributed by atoms with Gasteiger partial charge in [-0.2, -0.15) is 0 Å². The predicted molar refractivity (Wildman–Crippen MR) is 112 cm³/mol. The second kappa shape index (κ2) is 7.59. The Kier molecular flexibility index (Phi) is 5.34. The number of likely N-dealkylation sites (tertiary alicyclic amines) is 1. The van der Waals surface area contributed by atoms with Crippen LogP contribution in [-0.4, -0.2) is 40.5 Å². The highest BCUT2D eigenvalue weighted by molar-refractivity contribution is 7.80. The normalized spacial score (nSPS) is 22.3. The van der Waals surface area contributed by atoms with Crippen LogP contribution in [-0.2, 0) is 0 Å². The van der Waals surface area contributed by atoms with Gasteiger partial charge in [0.2, 0.25) is 0 Å². The predicted octanol–water partition coefficient (Wildman–Crippen LogP) is 4.66. The fraction of sp³-hybridized carbons (Fsp3) is 0.619. The summed E-state index contributed by atoms with van der Waals surface area (Å²) in [6, 6.07) is 4.12. The van der Waals surface area contributed by atoms with Crippen molar-refractivity contribution in [1.29, 1.82) is 0 Å². The largest absolute Gasteiger partial charge is 0.486 e. The standard InChI is InChI=1S/C21H27ClN2O2S/c1-14-11-15(22)12-17-18(25)13-21(26-19(14)17)7-9-24(10-8-21)20(27)23-16-5-3-2-4-6-16/h11-12,16H,2-10,13H2,1H3,(H,23,27). The molecular weight excluding hydrogens is 380 g/mol. The van der Waals surface area contributed by atoms with Gasteiger partial charge in [-0.3, -0.25) is 4.79 Å². The molecule has 0 aromatic heterocycles. The van der Waals surface area contributed by atoms with E-state index in [4.69, 9.17) is 28.6 Å². The van der Waals surface area contributed by atoms with Gasteiger partial charge in [-0.1, -0.05) is 30.9 Å². The van der Waals surface area contributed by atoms with Crippen molar-refractivity contribution in [2.45, 2.75) is 69.9 Å². The molecule has 27 heavy (non-hydrogen) atoms. The fourth-order valence-corrected chi connectivity index (χ4v) is 5.24. The van der Waals surface area contributed by atoms with E-state index >= 15 is 0 Å². The topological polar surface area (TPSA) is 41.6 Å².